The minimum atomic E-state index is -1.77. The van der Waals surface area contributed by atoms with Crippen molar-refractivity contribution in [2.45, 2.75) is 24.2 Å². The number of hydrazine groups is 1. The highest BCUT2D eigenvalue weighted by Gasteiger charge is 2.71. The first kappa shape index (κ1) is 33.1. The number of phenols is 1. The Morgan fingerprint density at radius 1 is 0.940 bits per heavy atom. The van der Waals surface area contributed by atoms with Gasteiger partial charge in [0, 0.05) is 28.6 Å². The fourth-order valence-electron chi connectivity index (χ4n) is 8.40. The van der Waals surface area contributed by atoms with Gasteiger partial charge >= 0.3 is 6.09 Å². The van der Waals surface area contributed by atoms with Crippen molar-refractivity contribution < 1.29 is 47.7 Å². The first-order valence-corrected chi connectivity index (χ1v) is 16.1. The Morgan fingerprint density at radius 3 is 2.28 bits per heavy atom. The maximum Gasteiger partial charge on any atom is 0.423 e. The molecule has 1 saturated carbocycles. The molecule has 6 atom stereocenters. The molecule has 3 aromatic carbocycles. The maximum absolute atomic E-state index is 15.2. The number of phenolic OH excluding ortho intramolecular Hbond substituents is 1. The largest absolute Gasteiger partial charge is 0.507 e. The van der Waals surface area contributed by atoms with Crippen molar-refractivity contribution in [1.29, 1.82) is 0 Å². The number of likely N-dealkylation sites (tertiary alicyclic amines) is 1. The molecule has 6 unspecified atom stereocenters. The van der Waals surface area contributed by atoms with Crippen LogP contribution in [-0.2, 0) is 29.3 Å². The molecule has 14 heteroatoms. The molecule has 2 heterocycles. The molecule has 0 aromatic heterocycles. The standard InChI is InChI=1S/C36H31ClFN3O9/c1-48-21-14-26(42)29(27(15-21)49-2)30-22-12-13-23-28(33(45)40(31(23)43)35(47)50-3)24(22)16-25-32(44)41(39-20-10-8-19(38)9-11-20)34(46)36(25,30)17-4-6-18(37)7-5-17/h4-12,14-15,23-25,28,30,39,42H,13,16H2,1-3H3. The van der Waals surface area contributed by atoms with E-state index in [2.05, 4.69) is 5.43 Å². The van der Waals surface area contributed by atoms with E-state index in [0.29, 0.717) is 21.1 Å². The molecule has 2 saturated heterocycles. The van der Waals surface area contributed by atoms with Gasteiger partial charge in [0.2, 0.25) is 11.8 Å². The minimum absolute atomic E-state index is 0.0331. The molecule has 2 aliphatic carbocycles. The molecule has 5 amide bonds. The lowest BCUT2D eigenvalue weighted by molar-refractivity contribution is -0.140. The lowest BCUT2D eigenvalue weighted by Gasteiger charge is -2.50. The zero-order chi connectivity index (χ0) is 35.6. The van der Waals surface area contributed by atoms with Crippen LogP contribution >= 0.6 is 11.6 Å². The molecule has 3 fully saturated rings. The quantitative estimate of drug-likeness (QED) is 0.267. The van der Waals surface area contributed by atoms with Gasteiger partial charge in [-0.25, -0.2) is 9.18 Å². The Balaban J connectivity index is 1.50. The second-order valence-corrected chi connectivity index (χ2v) is 13.1. The number of carbonyl (C=O) groups excluding carboxylic acids is 5. The Kier molecular flexibility index (Phi) is 8.05. The second-order valence-electron chi connectivity index (χ2n) is 12.6. The molecule has 7 rings (SSSR count). The summed E-state index contributed by atoms with van der Waals surface area (Å²) in [5.41, 5.74) is 2.39. The van der Waals surface area contributed by atoms with E-state index in [1.54, 1.807) is 30.3 Å². The SMILES string of the molecule is COC(=O)N1C(=O)C2CC=C3C(CC4C(=O)N(Nc5ccc(F)cc5)C(=O)C4(c4ccc(Cl)cc4)C3c3c(O)cc(OC)cc3OC)C2C1=O. The number of benzene rings is 3. The summed E-state index contributed by atoms with van der Waals surface area (Å²) in [5, 5.41) is 13.0. The number of nitrogens with zero attached hydrogens (tertiary/aromatic N) is 2. The zero-order valence-electron chi connectivity index (χ0n) is 27.0. The minimum Gasteiger partial charge on any atom is -0.507 e. The number of amides is 5. The summed E-state index contributed by atoms with van der Waals surface area (Å²) in [4.78, 5) is 70.4. The van der Waals surface area contributed by atoms with Crippen LogP contribution in [-0.4, -0.2) is 66.1 Å². The van der Waals surface area contributed by atoms with E-state index in [1.165, 1.54) is 50.6 Å². The van der Waals surface area contributed by atoms with Crippen LogP contribution in [0.25, 0.3) is 0 Å². The average Bonchev–Trinajstić information content (AvgIpc) is 3.49. The van der Waals surface area contributed by atoms with Crippen LogP contribution < -0.4 is 14.9 Å². The molecule has 12 nitrogen and oxygen atoms in total. The summed E-state index contributed by atoms with van der Waals surface area (Å²) < 4.78 is 29.8. The first-order valence-electron chi connectivity index (χ1n) is 15.7. The molecular formula is C36H31ClFN3O9. The van der Waals surface area contributed by atoms with E-state index >= 15 is 4.79 Å². The van der Waals surface area contributed by atoms with E-state index < -0.39 is 70.5 Å². The molecule has 0 radical (unpaired) electrons. The van der Waals surface area contributed by atoms with Gasteiger partial charge in [-0.2, -0.15) is 9.91 Å². The lowest BCUT2D eigenvalue weighted by atomic mass is 9.49. The Labute approximate surface area is 290 Å². The van der Waals surface area contributed by atoms with Crippen LogP contribution in [0.3, 0.4) is 0 Å². The van der Waals surface area contributed by atoms with Crippen molar-refractivity contribution in [3.63, 3.8) is 0 Å². The molecule has 50 heavy (non-hydrogen) atoms. The van der Waals surface area contributed by atoms with Gasteiger partial charge in [0.05, 0.1) is 50.2 Å². The number of methoxy groups -OCH3 is 3. The number of hydrogen-bond donors (Lipinski definition) is 2. The highest BCUT2D eigenvalue weighted by molar-refractivity contribution is 6.30. The van der Waals surface area contributed by atoms with E-state index in [4.69, 9.17) is 25.8 Å². The number of aromatic hydroxyl groups is 1. The molecule has 3 aromatic rings. The highest BCUT2D eigenvalue weighted by Crippen LogP contribution is 2.66. The topological polar surface area (TPSA) is 152 Å². The van der Waals surface area contributed by atoms with Crippen LogP contribution in [0.4, 0.5) is 14.9 Å². The van der Waals surface area contributed by atoms with Crippen molar-refractivity contribution >= 4 is 47.0 Å². The van der Waals surface area contributed by atoms with Crippen LogP contribution in [0.1, 0.15) is 29.9 Å². The van der Waals surface area contributed by atoms with Crippen molar-refractivity contribution in [2.75, 3.05) is 26.8 Å². The number of allylic oxidation sites excluding steroid dienone is 2. The van der Waals surface area contributed by atoms with Crippen LogP contribution in [0.5, 0.6) is 17.2 Å². The number of fused-ring (bicyclic) bond motifs is 4. The number of imide groups is 4. The summed E-state index contributed by atoms with van der Waals surface area (Å²) >= 11 is 6.31. The van der Waals surface area contributed by atoms with Gasteiger partial charge in [-0.1, -0.05) is 35.4 Å². The van der Waals surface area contributed by atoms with Crippen molar-refractivity contribution in [3.8, 4) is 17.2 Å². The number of halogens is 2. The summed E-state index contributed by atoms with van der Waals surface area (Å²) in [6.45, 7) is 0. The van der Waals surface area contributed by atoms with E-state index in [9.17, 15) is 28.7 Å². The summed E-state index contributed by atoms with van der Waals surface area (Å²) in [5.74, 6) is -8.44. The number of hydrogen-bond acceptors (Lipinski definition) is 10. The van der Waals surface area contributed by atoms with Crippen LogP contribution in [0.2, 0.25) is 5.02 Å². The molecule has 2 aliphatic heterocycles. The number of rotatable bonds is 6. The predicted molar refractivity (Wildman–Crippen MR) is 174 cm³/mol. The molecule has 2 N–H and O–H groups in total. The fourth-order valence-corrected chi connectivity index (χ4v) is 8.53. The zero-order valence-corrected chi connectivity index (χ0v) is 27.8. The van der Waals surface area contributed by atoms with Crippen molar-refractivity contribution in [3.05, 3.63) is 94.3 Å². The van der Waals surface area contributed by atoms with Gasteiger partial charge in [-0.15, -0.1) is 0 Å². The third kappa shape index (κ3) is 4.67. The molecule has 258 valence electrons. The molecule has 0 bridgehead atoms. The smallest absolute Gasteiger partial charge is 0.423 e. The Morgan fingerprint density at radius 2 is 1.64 bits per heavy atom. The van der Waals surface area contributed by atoms with Gasteiger partial charge in [-0.3, -0.25) is 24.6 Å². The number of ether oxygens (including phenoxy) is 3. The Bertz CT molecular complexity index is 1990. The molecule has 0 spiro atoms. The predicted octanol–water partition coefficient (Wildman–Crippen LogP) is 4.95. The summed E-state index contributed by atoms with van der Waals surface area (Å²) in [6.07, 6.45) is 0.597. The van der Waals surface area contributed by atoms with E-state index in [0.717, 1.165) is 12.1 Å². The third-order valence-corrected chi connectivity index (χ3v) is 10.7. The highest BCUT2D eigenvalue weighted by atomic mass is 35.5. The lowest BCUT2D eigenvalue weighted by Crippen LogP contribution is -2.53. The van der Waals surface area contributed by atoms with Gasteiger partial charge in [0.1, 0.15) is 23.1 Å². The van der Waals surface area contributed by atoms with Gasteiger partial charge in [-0.05, 0) is 60.7 Å². The maximum atomic E-state index is 15.2. The van der Waals surface area contributed by atoms with Crippen LogP contribution in [0.15, 0.2) is 72.3 Å². The summed E-state index contributed by atoms with van der Waals surface area (Å²) in [6, 6.07) is 14.4. The number of anilines is 1. The summed E-state index contributed by atoms with van der Waals surface area (Å²) in [7, 11) is 3.86. The van der Waals surface area contributed by atoms with E-state index in [1.807, 2.05) is 0 Å². The van der Waals surface area contributed by atoms with Crippen molar-refractivity contribution in [2.24, 2.45) is 23.7 Å². The molecular weight excluding hydrogens is 673 g/mol. The second kappa shape index (κ2) is 12.2. The monoisotopic (exact) mass is 703 g/mol. The number of nitrogens with one attached hydrogen (secondary N) is 1. The number of carbonyl (C=O) groups is 5. The van der Waals surface area contributed by atoms with Gasteiger partial charge in [0.25, 0.3) is 11.8 Å². The van der Waals surface area contributed by atoms with Crippen LogP contribution in [0, 0.1) is 29.5 Å². The average molecular weight is 704 g/mol. The van der Waals surface area contributed by atoms with Gasteiger partial charge in [0.15, 0.2) is 0 Å². The van der Waals surface area contributed by atoms with Crippen molar-refractivity contribution in [1.82, 2.24) is 9.91 Å². The normalized spacial score (nSPS) is 27.0. The Hall–Kier alpha value is -5.43. The van der Waals surface area contributed by atoms with E-state index in [-0.39, 0.29) is 41.3 Å². The first-order chi connectivity index (χ1) is 24.0. The fraction of sp³-hybridized carbons (Fsp3) is 0.306. The third-order valence-electron chi connectivity index (χ3n) is 10.5. The van der Waals surface area contributed by atoms with Gasteiger partial charge < -0.3 is 19.3 Å². The molecule has 4 aliphatic rings.